The van der Waals surface area contributed by atoms with Crippen LogP contribution in [0.1, 0.15) is 26.7 Å². The lowest BCUT2D eigenvalue weighted by atomic mass is 10.1. The van der Waals surface area contributed by atoms with Gasteiger partial charge < -0.3 is 10.2 Å². The monoisotopic (exact) mass is 422 g/mol. The first kappa shape index (κ1) is 21.6. The molecular weight excluding hydrogens is 396 g/mol. The highest BCUT2D eigenvalue weighted by Gasteiger charge is 2.29. The molecule has 1 N–H and O–H groups in total. The molecule has 0 aliphatic heterocycles. The Morgan fingerprint density at radius 1 is 0.900 bits per heavy atom. The molecule has 0 radical (unpaired) electrons. The van der Waals surface area contributed by atoms with Crippen LogP contribution in [0.2, 0.25) is 0 Å². The summed E-state index contributed by atoms with van der Waals surface area (Å²) in [4.78, 5) is 14.9. The van der Waals surface area contributed by atoms with Gasteiger partial charge in [-0.05, 0) is 48.4 Å². The van der Waals surface area contributed by atoms with E-state index in [9.17, 15) is 13.2 Å². The molecule has 0 aromatic heterocycles. The van der Waals surface area contributed by atoms with Crippen molar-refractivity contribution in [3.05, 3.63) is 95.6 Å². The number of carbonyl (C=O) groups excluding carboxylic acids is 1. The summed E-state index contributed by atoms with van der Waals surface area (Å²) in [5.41, 5.74) is 2.98. The van der Waals surface area contributed by atoms with Crippen LogP contribution < -0.4 is 10.2 Å². The van der Waals surface area contributed by atoms with Crippen molar-refractivity contribution in [1.29, 1.82) is 0 Å². The zero-order valence-corrected chi connectivity index (χ0v) is 18.2. The number of benzene rings is 3. The van der Waals surface area contributed by atoms with Crippen LogP contribution in [0.5, 0.6) is 0 Å². The summed E-state index contributed by atoms with van der Waals surface area (Å²) in [5, 5.41) is 1.92. The molecule has 5 nitrogen and oxygen atoms in total. The molecule has 3 rings (SSSR count). The van der Waals surface area contributed by atoms with E-state index >= 15 is 0 Å². The van der Waals surface area contributed by atoms with Gasteiger partial charge in [-0.3, -0.25) is 4.79 Å². The smallest absolute Gasteiger partial charge is 0.251 e. The lowest BCUT2D eigenvalue weighted by molar-refractivity contribution is 0.0953. The first-order valence-corrected chi connectivity index (χ1v) is 11.3. The SMILES string of the molecule is Cc1ccccc1C(=O)NC[C@@H](c1ccc(N(C)C)cc1)S(=O)(=O)c1ccccc1. The number of hydrogen-bond acceptors (Lipinski definition) is 4. The summed E-state index contributed by atoms with van der Waals surface area (Å²) < 4.78 is 26.8. The normalized spacial score (nSPS) is 12.2. The number of carbonyl (C=O) groups is 1. The van der Waals surface area contributed by atoms with Crippen molar-refractivity contribution < 1.29 is 13.2 Å². The van der Waals surface area contributed by atoms with Crippen LogP contribution in [-0.2, 0) is 9.84 Å². The first-order chi connectivity index (χ1) is 14.3. The Bertz CT molecular complexity index is 1110. The summed E-state index contributed by atoms with van der Waals surface area (Å²) in [5.74, 6) is -0.286. The zero-order valence-electron chi connectivity index (χ0n) is 17.4. The van der Waals surface area contributed by atoms with Crippen LogP contribution in [0.15, 0.2) is 83.8 Å². The highest BCUT2D eigenvalue weighted by molar-refractivity contribution is 7.91. The maximum Gasteiger partial charge on any atom is 0.251 e. The number of anilines is 1. The highest BCUT2D eigenvalue weighted by atomic mass is 32.2. The third-order valence-corrected chi connectivity index (χ3v) is 7.18. The molecule has 0 heterocycles. The second-order valence-electron chi connectivity index (χ2n) is 7.36. The van der Waals surface area contributed by atoms with Crippen LogP contribution >= 0.6 is 0 Å². The quantitative estimate of drug-likeness (QED) is 0.625. The fourth-order valence-corrected chi connectivity index (χ4v) is 4.96. The predicted octanol–water partition coefficient (Wildman–Crippen LogP) is 4.01. The summed E-state index contributed by atoms with van der Waals surface area (Å²) in [6.45, 7) is 1.83. The molecule has 0 aliphatic carbocycles. The van der Waals surface area contributed by atoms with Crippen LogP contribution in [0, 0.1) is 6.92 Å². The molecule has 3 aromatic rings. The number of nitrogens with one attached hydrogen (secondary N) is 1. The molecule has 156 valence electrons. The van der Waals surface area contributed by atoms with Crippen molar-refractivity contribution in [2.24, 2.45) is 0 Å². The number of nitrogens with zero attached hydrogens (tertiary/aromatic N) is 1. The number of sulfone groups is 1. The molecule has 3 aromatic carbocycles. The van der Waals surface area contributed by atoms with E-state index in [0.29, 0.717) is 11.1 Å². The molecule has 0 aliphatic rings. The molecule has 0 unspecified atom stereocenters. The molecule has 1 amide bonds. The zero-order chi connectivity index (χ0) is 21.7. The molecule has 0 spiro atoms. The lowest BCUT2D eigenvalue weighted by Crippen LogP contribution is -2.32. The average molecular weight is 423 g/mol. The van der Waals surface area contributed by atoms with Crippen molar-refractivity contribution in [1.82, 2.24) is 5.32 Å². The Morgan fingerprint density at radius 2 is 1.50 bits per heavy atom. The van der Waals surface area contributed by atoms with Crippen molar-refractivity contribution in [2.45, 2.75) is 17.1 Å². The minimum absolute atomic E-state index is 0.0221. The standard InChI is InChI=1S/C24H26N2O3S/c1-18-9-7-8-12-22(18)24(27)25-17-23(19-13-15-20(16-14-19)26(2)3)30(28,29)21-10-5-4-6-11-21/h4-16,23H,17H2,1-3H3,(H,25,27)/t23-/m0/s1. The molecule has 0 saturated heterocycles. The van der Waals surface area contributed by atoms with Gasteiger partial charge in [-0.25, -0.2) is 8.42 Å². The van der Waals surface area contributed by atoms with Gasteiger partial charge in [-0.1, -0.05) is 48.5 Å². The number of hydrogen-bond donors (Lipinski definition) is 1. The second kappa shape index (κ2) is 9.13. The molecule has 0 bridgehead atoms. The average Bonchev–Trinajstić information content (AvgIpc) is 2.75. The number of amides is 1. The maximum atomic E-state index is 13.4. The van der Waals surface area contributed by atoms with E-state index in [1.165, 1.54) is 0 Å². The van der Waals surface area contributed by atoms with E-state index in [1.54, 1.807) is 54.6 Å². The summed E-state index contributed by atoms with van der Waals surface area (Å²) in [7, 11) is 0.149. The van der Waals surface area contributed by atoms with E-state index in [-0.39, 0.29) is 17.3 Å². The van der Waals surface area contributed by atoms with E-state index in [1.807, 2.05) is 50.2 Å². The van der Waals surface area contributed by atoms with E-state index in [2.05, 4.69) is 5.32 Å². The van der Waals surface area contributed by atoms with Crippen LogP contribution in [0.3, 0.4) is 0 Å². The Labute approximate surface area is 178 Å². The summed E-state index contributed by atoms with van der Waals surface area (Å²) in [6.07, 6.45) is 0. The van der Waals surface area contributed by atoms with Crippen molar-refractivity contribution in [2.75, 3.05) is 25.5 Å². The third kappa shape index (κ3) is 4.71. The lowest BCUT2D eigenvalue weighted by Gasteiger charge is -2.20. The minimum atomic E-state index is -3.70. The fraction of sp³-hybridized carbons (Fsp3) is 0.208. The van der Waals surface area contributed by atoms with Crippen LogP contribution in [-0.4, -0.2) is 35.0 Å². The third-order valence-electron chi connectivity index (χ3n) is 5.07. The molecule has 0 saturated carbocycles. The van der Waals surface area contributed by atoms with Gasteiger partial charge in [0.25, 0.3) is 5.91 Å². The van der Waals surface area contributed by atoms with Crippen molar-refractivity contribution >= 4 is 21.4 Å². The minimum Gasteiger partial charge on any atom is -0.378 e. The Hall–Kier alpha value is -3.12. The Morgan fingerprint density at radius 3 is 2.10 bits per heavy atom. The highest BCUT2D eigenvalue weighted by Crippen LogP contribution is 2.29. The fourth-order valence-electron chi connectivity index (χ4n) is 3.28. The Balaban J connectivity index is 1.93. The summed E-state index contributed by atoms with van der Waals surface area (Å²) >= 11 is 0. The van der Waals surface area contributed by atoms with Crippen LogP contribution in [0.25, 0.3) is 0 Å². The topological polar surface area (TPSA) is 66.5 Å². The number of aryl methyl sites for hydroxylation is 1. The predicted molar refractivity (Wildman–Crippen MR) is 121 cm³/mol. The van der Waals surface area contributed by atoms with E-state index < -0.39 is 15.1 Å². The van der Waals surface area contributed by atoms with Crippen molar-refractivity contribution in [3.8, 4) is 0 Å². The first-order valence-electron chi connectivity index (χ1n) is 9.71. The van der Waals surface area contributed by atoms with Gasteiger partial charge in [0, 0.05) is 31.9 Å². The molecule has 6 heteroatoms. The van der Waals surface area contributed by atoms with Crippen LogP contribution in [0.4, 0.5) is 5.69 Å². The Kier molecular flexibility index (Phi) is 6.57. The van der Waals surface area contributed by atoms with Gasteiger partial charge in [0.2, 0.25) is 0 Å². The molecular formula is C24H26N2O3S. The molecule has 30 heavy (non-hydrogen) atoms. The molecule has 0 fully saturated rings. The van der Waals surface area contributed by atoms with E-state index in [4.69, 9.17) is 0 Å². The maximum absolute atomic E-state index is 13.4. The van der Waals surface area contributed by atoms with Gasteiger partial charge in [0.15, 0.2) is 9.84 Å². The van der Waals surface area contributed by atoms with Gasteiger partial charge in [0.1, 0.15) is 5.25 Å². The largest absolute Gasteiger partial charge is 0.378 e. The van der Waals surface area contributed by atoms with Crippen molar-refractivity contribution in [3.63, 3.8) is 0 Å². The van der Waals surface area contributed by atoms with Gasteiger partial charge in [-0.2, -0.15) is 0 Å². The van der Waals surface area contributed by atoms with Gasteiger partial charge >= 0.3 is 0 Å². The summed E-state index contributed by atoms with van der Waals surface area (Å²) in [6, 6.07) is 23.0. The van der Waals surface area contributed by atoms with E-state index in [0.717, 1.165) is 11.3 Å². The number of rotatable bonds is 7. The van der Waals surface area contributed by atoms with Gasteiger partial charge in [0.05, 0.1) is 4.90 Å². The molecule has 1 atom stereocenters. The van der Waals surface area contributed by atoms with Gasteiger partial charge in [-0.15, -0.1) is 0 Å². The second-order valence-corrected chi connectivity index (χ2v) is 9.49.